The van der Waals surface area contributed by atoms with E-state index >= 15 is 0 Å². The second kappa shape index (κ2) is 8.87. The van der Waals surface area contributed by atoms with Crippen molar-refractivity contribution in [2.45, 2.75) is 27.2 Å². The molecule has 0 aliphatic carbocycles. The molecule has 25 heavy (non-hydrogen) atoms. The zero-order valence-electron chi connectivity index (χ0n) is 14.8. The van der Waals surface area contributed by atoms with Gasteiger partial charge in [0.2, 0.25) is 0 Å². The van der Waals surface area contributed by atoms with Gasteiger partial charge in [-0.25, -0.2) is 0 Å². The minimum atomic E-state index is -0.469. The summed E-state index contributed by atoms with van der Waals surface area (Å²) >= 11 is 0. The summed E-state index contributed by atoms with van der Waals surface area (Å²) in [5, 5.41) is 2.75. The Bertz CT molecular complexity index is 738. The molecule has 2 aromatic carbocycles. The number of esters is 1. The Hall–Kier alpha value is -2.82. The maximum atomic E-state index is 11.9. The van der Waals surface area contributed by atoms with Crippen LogP contribution in [0.25, 0.3) is 0 Å². The minimum Gasteiger partial charge on any atom is -0.493 e. The van der Waals surface area contributed by atoms with E-state index in [9.17, 15) is 9.59 Å². The molecule has 0 unspecified atom stereocenters. The third-order valence-corrected chi connectivity index (χ3v) is 3.63. The first-order valence-electron chi connectivity index (χ1n) is 8.16. The number of amides is 1. The molecule has 5 heteroatoms. The van der Waals surface area contributed by atoms with Crippen molar-refractivity contribution in [2.24, 2.45) is 0 Å². The van der Waals surface area contributed by atoms with E-state index in [1.807, 2.05) is 63.2 Å². The third-order valence-electron chi connectivity index (χ3n) is 3.63. The van der Waals surface area contributed by atoms with Crippen molar-refractivity contribution in [3.63, 3.8) is 0 Å². The molecular formula is C20H23NO4. The van der Waals surface area contributed by atoms with Gasteiger partial charge in [-0.15, -0.1) is 0 Å². The highest BCUT2D eigenvalue weighted by Gasteiger charge is 2.09. The molecule has 132 valence electrons. The first-order chi connectivity index (χ1) is 11.9. The number of aryl methyl sites for hydroxylation is 3. The molecular weight excluding hydrogens is 318 g/mol. The largest absolute Gasteiger partial charge is 0.493 e. The molecule has 0 fully saturated rings. The summed E-state index contributed by atoms with van der Waals surface area (Å²) in [5.41, 5.74) is 3.87. The van der Waals surface area contributed by atoms with Gasteiger partial charge in [0, 0.05) is 5.69 Å². The molecule has 2 rings (SSSR count). The Labute approximate surface area is 148 Å². The van der Waals surface area contributed by atoms with Gasteiger partial charge in [-0.1, -0.05) is 29.8 Å². The Kier molecular flexibility index (Phi) is 6.57. The van der Waals surface area contributed by atoms with Crippen LogP contribution in [0.4, 0.5) is 5.69 Å². The highest BCUT2D eigenvalue weighted by molar-refractivity contribution is 5.93. The monoisotopic (exact) mass is 341 g/mol. The molecule has 0 saturated heterocycles. The van der Waals surface area contributed by atoms with Gasteiger partial charge in [-0.05, 0) is 50.1 Å². The second-order valence-corrected chi connectivity index (χ2v) is 5.94. The summed E-state index contributed by atoms with van der Waals surface area (Å²) in [4.78, 5) is 23.6. The van der Waals surface area contributed by atoms with Crippen LogP contribution in [0.15, 0.2) is 42.5 Å². The SMILES string of the molecule is Cc1ccc(OCCC(=O)OCC(=O)Nc2cc(C)ccc2C)cc1. The van der Waals surface area contributed by atoms with Crippen LogP contribution in [0.2, 0.25) is 0 Å². The van der Waals surface area contributed by atoms with E-state index in [-0.39, 0.29) is 25.5 Å². The van der Waals surface area contributed by atoms with E-state index < -0.39 is 5.97 Å². The summed E-state index contributed by atoms with van der Waals surface area (Å²) < 4.78 is 10.4. The lowest BCUT2D eigenvalue weighted by atomic mass is 10.1. The number of anilines is 1. The normalized spacial score (nSPS) is 10.2. The Balaban J connectivity index is 1.69. The number of hydrogen-bond acceptors (Lipinski definition) is 4. The molecule has 0 aliphatic heterocycles. The van der Waals surface area contributed by atoms with E-state index in [1.165, 1.54) is 0 Å². The van der Waals surface area contributed by atoms with Gasteiger partial charge >= 0.3 is 5.97 Å². The maximum absolute atomic E-state index is 11.9. The van der Waals surface area contributed by atoms with Gasteiger partial charge in [-0.2, -0.15) is 0 Å². The molecule has 0 radical (unpaired) electrons. The van der Waals surface area contributed by atoms with Crippen LogP contribution < -0.4 is 10.1 Å². The van der Waals surface area contributed by atoms with Gasteiger partial charge in [-0.3, -0.25) is 9.59 Å². The van der Waals surface area contributed by atoms with E-state index in [1.54, 1.807) is 0 Å². The minimum absolute atomic E-state index is 0.0879. The predicted molar refractivity (Wildman–Crippen MR) is 96.8 cm³/mol. The third kappa shape index (κ3) is 6.30. The number of carbonyl (C=O) groups excluding carboxylic acids is 2. The molecule has 0 aliphatic rings. The fourth-order valence-electron chi connectivity index (χ4n) is 2.16. The lowest BCUT2D eigenvalue weighted by Gasteiger charge is -2.10. The van der Waals surface area contributed by atoms with E-state index in [4.69, 9.17) is 9.47 Å². The smallest absolute Gasteiger partial charge is 0.309 e. The molecule has 1 N–H and O–H groups in total. The number of benzene rings is 2. The summed E-state index contributed by atoms with van der Waals surface area (Å²) in [6, 6.07) is 13.3. The molecule has 0 aromatic heterocycles. The molecule has 2 aromatic rings. The van der Waals surface area contributed by atoms with Crippen molar-refractivity contribution < 1.29 is 19.1 Å². The molecule has 0 atom stereocenters. The zero-order chi connectivity index (χ0) is 18.2. The first-order valence-corrected chi connectivity index (χ1v) is 8.16. The van der Waals surface area contributed by atoms with Crippen molar-refractivity contribution in [2.75, 3.05) is 18.5 Å². The molecule has 1 amide bonds. The van der Waals surface area contributed by atoms with Crippen LogP contribution in [-0.2, 0) is 14.3 Å². The predicted octanol–water partition coefficient (Wildman–Crippen LogP) is 3.56. The van der Waals surface area contributed by atoms with Crippen LogP contribution >= 0.6 is 0 Å². The fourth-order valence-corrected chi connectivity index (χ4v) is 2.16. The lowest BCUT2D eigenvalue weighted by Crippen LogP contribution is -2.22. The summed E-state index contributed by atoms with van der Waals surface area (Å²) in [7, 11) is 0. The lowest BCUT2D eigenvalue weighted by molar-refractivity contribution is -0.147. The first kappa shape index (κ1) is 18.5. The average molecular weight is 341 g/mol. The van der Waals surface area contributed by atoms with Crippen LogP contribution in [0.1, 0.15) is 23.1 Å². The Morgan fingerprint density at radius 3 is 2.36 bits per heavy atom. The highest BCUT2D eigenvalue weighted by Crippen LogP contribution is 2.16. The molecule has 0 saturated carbocycles. The van der Waals surface area contributed by atoms with E-state index in [0.717, 1.165) is 22.4 Å². The van der Waals surface area contributed by atoms with Crippen molar-refractivity contribution in [1.82, 2.24) is 0 Å². The Morgan fingerprint density at radius 1 is 0.960 bits per heavy atom. The summed E-state index contributed by atoms with van der Waals surface area (Å²) in [5.74, 6) is -0.129. The molecule has 0 bridgehead atoms. The van der Waals surface area contributed by atoms with E-state index in [2.05, 4.69) is 5.32 Å². The standard InChI is InChI=1S/C20H23NO4/c1-14-5-8-17(9-6-14)24-11-10-20(23)25-13-19(22)21-18-12-15(2)4-7-16(18)3/h4-9,12H,10-11,13H2,1-3H3,(H,21,22). The summed E-state index contributed by atoms with van der Waals surface area (Å²) in [6.07, 6.45) is 0.0879. The zero-order valence-corrected chi connectivity index (χ0v) is 14.8. The number of hydrogen-bond donors (Lipinski definition) is 1. The fraction of sp³-hybridized carbons (Fsp3) is 0.300. The van der Waals surface area contributed by atoms with Crippen molar-refractivity contribution in [3.05, 3.63) is 59.2 Å². The number of ether oxygens (including phenoxy) is 2. The van der Waals surface area contributed by atoms with Gasteiger partial charge in [0.1, 0.15) is 5.75 Å². The van der Waals surface area contributed by atoms with Crippen molar-refractivity contribution >= 4 is 17.6 Å². The quantitative estimate of drug-likeness (QED) is 0.782. The van der Waals surface area contributed by atoms with Crippen molar-refractivity contribution in [1.29, 1.82) is 0 Å². The molecule has 0 heterocycles. The molecule has 0 spiro atoms. The van der Waals surface area contributed by atoms with Crippen molar-refractivity contribution in [3.8, 4) is 5.75 Å². The van der Waals surface area contributed by atoms with Gasteiger partial charge in [0.25, 0.3) is 5.91 Å². The summed E-state index contributed by atoms with van der Waals surface area (Å²) in [6.45, 7) is 5.74. The van der Waals surface area contributed by atoms with Crippen LogP contribution in [-0.4, -0.2) is 25.1 Å². The number of carbonyl (C=O) groups is 2. The Morgan fingerprint density at radius 2 is 1.64 bits per heavy atom. The molecule has 5 nitrogen and oxygen atoms in total. The van der Waals surface area contributed by atoms with Crippen LogP contribution in [0.5, 0.6) is 5.75 Å². The van der Waals surface area contributed by atoms with E-state index in [0.29, 0.717) is 5.75 Å². The van der Waals surface area contributed by atoms with Gasteiger partial charge < -0.3 is 14.8 Å². The average Bonchev–Trinajstić information content (AvgIpc) is 2.58. The number of rotatable bonds is 7. The van der Waals surface area contributed by atoms with Gasteiger partial charge in [0.05, 0.1) is 13.0 Å². The number of nitrogens with one attached hydrogen (secondary N) is 1. The maximum Gasteiger partial charge on any atom is 0.309 e. The van der Waals surface area contributed by atoms with Crippen LogP contribution in [0.3, 0.4) is 0 Å². The topological polar surface area (TPSA) is 64.6 Å². The highest BCUT2D eigenvalue weighted by atomic mass is 16.5. The van der Waals surface area contributed by atoms with Gasteiger partial charge in [0.15, 0.2) is 6.61 Å². The van der Waals surface area contributed by atoms with Crippen LogP contribution in [0, 0.1) is 20.8 Å². The second-order valence-electron chi connectivity index (χ2n) is 5.94.